The Morgan fingerprint density at radius 2 is 1.96 bits per heavy atom. The van der Waals surface area contributed by atoms with Crippen LogP contribution in [-0.2, 0) is 16.4 Å². The van der Waals surface area contributed by atoms with Crippen molar-refractivity contribution in [3.63, 3.8) is 0 Å². The molecule has 0 spiro atoms. The zero-order valence-corrected chi connectivity index (χ0v) is 15.8. The van der Waals surface area contributed by atoms with Gasteiger partial charge in [-0.25, -0.2) is 23.1 Å². The van der Waals surface area contributed by atoms with Crippen molar-refractivity contribution in [2.75, 3.05) is 43.0 Å². The lowest BCUT2D eigenvalue weighted by atomic mass is 10.2. The quantitative estimate of drug-likeness (QED) is 0.691. The van der Waals surface area contributed by atoms with Gasteiger partial charge in [-0.05, 0) is 36.6 Å². The van der Waals surface area contributed by atoms with Crippen LogP contribution in [0, 0.1) is 0 Å². The fourth-order valence-corrected chi connectivity index (χ4v) is 4.43. The van der Waals surface area contributed by atoms with Gasteiger partial charge in [0, 0.05) is 38.7 Å². The second-order valence-electron chi connectivity index (χ2n) is 6.65. The molecule has 2 aromatic rings. The summed E-state index contributed by atoms with van der Waals surface area (Å²) in [6.45, 7) is 3.33. The second kappa shape index (κ2) is 7.69. The van der Waals surface area contributed by atoms with Gasteiger partial charge >= 0.3 is 0 Å². The van der Waals surface area contributed by atoms with Gasteiger partial charge in [0.05, 0.1) is 11.5 Å². The number of sulfonamides is 1. The summed E-state index contributed by atoms with van der Waals surface area (Å²) in [5.41, 5.74) is 0.937. The summed E-state index contributed by atoms with van der Waals surface area (Å²) in [6, 6.07) is 6.88. The van der Waals surface area contributed by atoms with E-state index in [0.717, 1.165) is 36.6 Å². The SMILES string of the molecule is O=S(=O)(NCCNc1cc(N2CCCC2)ncn1)c1ccc2c(c1)CCO2. The van der Waals surface area contributed by atoms with E-state index in [2.05, 4.69) is 24.9 Å². The lowest BCUT2D eigenvalue weighted by Crippen LogP contribution is -2.29. The van der Waals surface area contributed by atoms with E-state index in [0.29, 0.717) is 19.0 Å². The van der Waals surface area contributed by atoms with Crippen molar-refractivity contribution in [2.24, 2.45) is 0 Å². The highest BCUT2D eigenvalue weighted by atomic mass is 32.2. The number of nitrogens with zero attached hydrogens (tertiary/aromatic N) is 3. The number of rotatable bonds is 7. The van der Waals surface area contributed by atoms with Crippen molar-refractivity contribution in [3.8, 4) is 5.75 Å². The molecule has 9 heteroatoms. The van der Waals surface area contributed by atoms with Gasteiger partial charge in [-0.2, -0.15) is 0 Å². The van der Waals surface area contributed by atoms with E-state index < -0.39 is 10.0 Å². The molecule has 0 radical (unpaired) electrons. The normalized spacial score (nSPS) is 16.2. The number of fused-ring (bicyclic) bond motifs is 1. The third-order valence-corrected chi connectivity index (χ3v) is 6.24. The van der Waals surface area contributed by atoms with Crippen LogP contribution >= 0.6 is 0 Å². The third kappa shape index (κ3) is 4.14. The molecule has 2 aliphatic rings. The first-order valence-electron chi connectivity index (χ1n) is 9.18. The van der Waals surface area contributed by atoms with E-state index in [-0.39, 0.29) is 11.4 Å². The second-order valence-corrected chi connectivity index (χ2v) is 8.42. The zero-order valence-electron chi connectivity index (χ0n) is 15.0. The Hall–Kier alpha value is -2.39. The van der Waals surface area contributed by atoms with Crippen LogP contribution in [0.5, 0.6) is 5.75 Å². The van der Waals surface area contributed by atoms with Crippen molar-refractivity contribution < 1.29 is 13.2 Å². The topological polar surface area (TPSA) is 96.5 Å². The Balaban J connectivity index is 1.31. The molecule has 3 heterocycles. The average Bonchev–Trinajstić information content (AvgIpc) is 3.36. The lowest BCUT2D eigenvalue weighted by Gasteiger charge is -2.16. The molecule has 0 atom stereocenters. The van der Waals surface area contributed by atoms with Gasteiger partial charge in [-0.15, -0.1) is 0 Å². The summed E-state index contributed by atoms with van der Waals surface area (Å²) in [5.74, 6) is 2.37. The molecule has 1 fully saturated rings. The van der Waals surface area contributed by atoms with E-state index in [1.54, 1.807) is 18.2 Å². The molecule has 2 N–H and O–H groups in total. The van der Waals surface area contributed by atoms with E-state index in [1.165, 1.54) is 19.2 Å². The maximum atomic E-state index is 12.5. The van der Waals surface area contributed by atoms with Crippen molar-refractivity contribution in [3.05, 3.63) is 36.2 Å². The summed E-state index contributed by atoms with van der Waals surface area (Å²) in [5, 5.41) is 3.15. The molecule has 1 aromatic carbocycles. The number of anilines is 2. The molecule has 0 amide bonds. The minimum atomic E-state index is -3.54. The fourth-order valence-electron chi connectivity index (χ4n) is 3.35. The number of hydrogen-bond acceptors (Lipinski definition) is 7. The standard InChI is InChI=1S/C18H23N5O3S/c24-27(25,15-3-4-16-14(11-15)5-10-26-16)22-7-6-19-17-12-18(21-13-20-17)23-8-1-2-9-23/h3-4,11-13,22H,1-2,5-10H2,(H,19,20,21). The van der Waals surface area contributed by atoms with Crippen molar-refractivity contribution in [2.45, 2.75) is 24.2 Å². The molecule has 2 aliphatic heterocycles. The maximum absolute atomic E-state index is 12.5. The van der Waals surface area contributed by atoms with Crippen molar-refractivity contribution in [1.82, 2.24) is 14.7 Å². The largest absolute Gasteiger partial charge is 0.493 e. The van der Waals surface area contributed by atoms with Gasteiger partial charge in [-0.1, -0.05) is 0 Å². The number of nitrogens with one attached hydrogen (secondary N) is 2. The summed E-state index contributed by atoms with van der Waals surface area (Å²) in [6.07, 6.45) is 4.65. The highest BCUT2D eigenvalue weighted by molar-refractivity contribution is 7.89. The van der Waals surface area contributed by atoms with Gasteiger partial charge < -0.3 is 15.0 Å². The van der Waals surface area contributed by atoms with Crippen LogP contribution in [0.25, 0.3) is 0 Å². The minimum absolute atomic E-state index is 0.263. The number of aromatic nitrogens is 2. The average molecular weight is 389 g/mol. The van der Waals surface area contributed by atoms with Crippen LogP contribution in [0.1, 0.15) is 18.4 Å². The van der Waals surface area contributed by atoms with Gasteiger partial charge in [-0.3, -0.25) is 0 Å². The summed E-state index contributed by atoms with van der Waals surface area (Å²) in [4.78, 5) is 11.0. The summed E-state index contributed by atoms with van der Waals surface area (Å²) >= 11 is 0. The Labute approximate surface area is 159 Å². The van der Waals surface area contributed by atoms with Gasteiger partial charge in [0.2, 0.25) is 10.0 Å². The van der Waals surface area contributed by atoms with Crippen LogP contribution in [0.2, 0.25) is 0 Å². The van der Waals surface area contributed by atoms with E-state index >= 15 is 0 Å². The number of benzene rings is 1. The Bertz CT molecular complexity index is 913. The molecule has 0 saturated carbocycles. The molecule has 0 bridgehead atoms. The van der Waals surface area contributed by atoms with Crippen molar-refractivity contribution >= 4 is 21.7 Å². The first-order chi connectivity index (χ1) is 13.1. The molecule has 4 rings (SSSR count). The highest BCUT2D eigenvalue weighted by Crippen LogP contribution is 2.27. The predicted molar refractivity (Wildman–Crippen MR) is 103 cm³/mol. The van der Waals surface area contributed by atoms with Crippen molar-refractivity contribution in [1.29, 1.82) is 0 Å². The summed E-state index contributed by atoms with van der Waals surface area (Å²) in [7, 11) is -3.54. The predicted octanol–water partition coefficient (Wildman–Crippen LogP) is 1.40. The van der Waals surface area contributed by atoms with Gasteiger partial charge in [0.25, 0.3) is 0 Å². The van der Waals surface area contributed by atoms with Gasteiger partial charge in [0.15, 0.2) is 0 Å². The molecule has 8 nitrogen and oxygen atoms in total. The Morgan fingerprint density at radius 1 is 1.11 bits per heavy atom. The molecule has 0 aliphatic carbocycles. The Morgan fingerprint density at radius 3 is 2.81 bits per heavy atom. The van der Waals surface area contributed by atoms with Crippen LogP contribution in [-0.4, -0.2) is 51.2 Å². The van der Waals surface area contributed by atoms with Crippen LogP contribution in [0.4, 0.5) is 11.6 Å². The minimum Gasteiger partial charge on any atom is -0.493 e. The molecule has 27 heavy (non-hydrogen) atoms. The lowest BCUT2D eigenvalue weighted by molar-refractivity contribution is 0.356. The highest BCUT2D eigenvalue weighted by Gasteiger charge is 2.19. The van der Waals surface area contributed by atoms with E-state index in [1.807, 2.05) is 6.07 Å². The number of hydrogen-bond donors (Lipinski definition) is 2. The van der Waals surface area contributed by atoms with E-state index in [9.17, 15) is 8.42 Å². The van der Waals surface area contributed by atoms with Crippen LogP contribution < -0.4 is 19.7 Å². The zero-order chi connectivity index (χ0) is 18.7. The third-order valence-electron chi connectivity index (χ3n) is 4.78. The fraction of sp³-hybridized carbons (Fsp3) is 0.444. The smallest absolute Gasteiger partial charge is 0.240 e. The maximum Gasteiger partial charge on any atom is 0.240 e. The van der Waals surface area contributed by atoms with Crippen LogP contribution in [0.3, 0.4) is 0 Å². The molecule has 1 saturated heterocycles. The Kier molecular flexibility index (Phi) is 5.13. The van der Waals surface area contributed by atoms with Crippen LogP contribution in [0.15, 0.2) is 35.5 Å². The number of ether oxygens (including phenoxy) is 1. The molecule has 1 aromatic heterocycles. The van der Waals surface area contributed by atoms with E-state index in [4.69, 9.17) is 4.74 Å². The monoisotopic (exact) mass is 389 g/mol. The molecular formula is C18H23N5O3S. The molecular weight excluding hydrogens is 366 g/mol. The molecule has 0 unspecified atom stereocenters. The summed E-state index contributed by atoms with van der Waals surface area (Å²) < 4.78 is 33.0. The first kappa shape index (κ1) is 18.0. The molecule has 144 valence electrons. The van der Waals surface area contributed by atoms with Gasteiger partial charge in [0.1, 0.15) is 23.7 Å². The first-order valence-corrected chi connectivity index (χ1v) is 10.7.